The summed E-state index contributed by atoms with van der Waals surface area (Å²) in [6.07, 6.45) is 6.53. The number of likely N-dealkylation sites (tertiary alicyclic amines) is 2. The number of hydrogen-bond acceptors (Lipinski definition) is 9. The van der Waals surface area contributed by atoms with E-state index in [9.17, 15) is 14.0 Å². The molecule has 4 aliphatic heterocycles. The Bertz CT molecular complexity index is 2170. The summed E-state index contributed by atoms with van der Waals surface area (Å²) < 4.78 is 43.1. The van der Waals surface area contributed by atoms with Crippen molar-refractivity contribution < 1.29 is 27.8 Å². The zero-order valence-corrected chi connectivity index (χ0v) is 32.4. The van der Waals surface area contributed by atoms with Crippen LogP contribution in [0, 0.1) is 11.7 Å². The lowest BCUT2D eigenvalue weighted by molar-refractivity contribution is -0.131. The van der Waals surface area contributed by atoms with Crippen molar-refractivity contribution in [2.45, 2.75) is 69.8 Å². The SMILES string of the molecule is CN(CC1CN(C(=O)/C=C/[C@@H]2CCN2C(=O)OC(C)(C)C)C1)c1nc(OC[C@@]23CCCN2C[C@H](F)C3)nc2c(F)c(-c3cccc4cccc(Cl)c34)ncc12. The number of benzene rings is 2. The lowest BCUT2D eigenvalue weighted by Gasteiger charge is -2.41. The number of nitrogens with zero attached hydrogens (tertiary/aromatic N) is 7. The number of amides is 2. The molecule has 0 bridgehead atoms. The van der Waals surface area contributed by atoms with Crippen LogP contribution >= 0.6 is 11.6 Å². The van der Waals surface area contributed by atoms with Gasteiger partial charge in [0.2, 0.25) is 5.91 Å². The zero-order chi connectivity index (χ0) is 38.6. The summed E-state index contributed by atoms with van der Waals surface area (Å²) in [6, 6.07) is 10.9. The van der Waals surface area contributed by atoms with Crippen LogP contribution in [0.5, 0.6) is 6.01 Å². The maximum atomic E-state index is 16.8. The van der Waals surface area contributed by atoms with Gasteiger partial charge in [-0.2, -0.15) is 9.97 Å². The number of rotatable bonds is 9. The van der Waals surface area contributed by atoms with Gasteiger partial charge in [0.1, 0.15) is 35.4 Å². The molecule has 4 aliphatic rings. The van der Waals surface area contributed by atoms with Crippen LogP contribution in [-0.4, -0.2) is 118 Å². The average Bonchev–Trinajstić information content (AvgIpc) is 3.63. The van der Waals surface area contributed by atoms with Crippen LogP contribution in [0.2, 0.25) is 5.02 Å². The summed E-state index contributed by atoms with van der Waals surface area (Å²) >= 11 is 6.63. The molecular weight excluding hydrogens is 728 g/mol. The van der Waals surface area contributed by atoms with Crippen LogP contribution in [0.1, 0.15) is 46.5 Å². The van der Waals surface area contributed by atoms with E-state index in [-0.39, 0.29) is 47.8 Å². The van der Waals surface area contributed by atoms with Gasteiger partial charge in [0.25, 0.3) is 0 Å². The quantitative estimate of drug-likeness (QED) is 0.166. The van der Waals surface area contributed by atoms with E-state index in [2.05, 4.69) is 14.9 Å². The predicted molar refractivity (Wildman–Crippen MR) is 208 cm³/mol. The van der Waals surface area contributed by atoms with Crippen LogP contribution in [-0.2, 0) is 9.53 Å². The second kappa shape index (κ2) is 14.5. The van der Waals surface area contributed by atoms with Gasteiger partial charge in [-0.05, 0) is 58.0 Å². The Morgan fingerprint density at radius 2 is 1.89 bits per heavy atom. The number of carbonyl (C=O) groups is 2. The monoisotopic (exact) mass is 773 g/mol. The normalized spacial score (nSPS) is 23.0. The summed E-state index contributed by atoms with van der Waals surface area (Å²) in [6.45, 7) is 9.06. The largest absolute Gasteiger partial charge is 0.461 e. The number of alkyl halides is 1. The summed E-state index contributed by atoms with van der Waals surface area (Å²) in [5, 5.41) is 2.45. The Hall–Kier alpha value is -4.62. The van der Waals surface area contributed by atoms with Crippen molar-refractivity contribution in [3.63, 3.8) is 0 Å². The smallest absolute Gasteiger partial charge is 0.410 e. The van der Waals surface area contributed by atoms with Crippen molar-refractivity contribution in [1.29, 1.82) is 0 Å². The lowest BCUT2D eigenvalue weighted by Crippen LogP contribution is -2.54. The highest BCUT2D eigenvalue weighted by atomic mass is 35.5. The molecule has 0 unspecified atom stereocenters. The third-order valence-corrected chi connectivity index (χ3v) is 11.6. The van der Waals surface area contributed by atoms with E-state index in [1.165, 1.54) is 6.08 Å². The molecule has 4 fully saturated rings. The zero-order valence-electron chi connectivity index (χ0n) is 31.6. The van der Waals surface area contributed by atoms with Gasteiger partial charge in [-0.15, -0.1) is 0 Å². The van der Waals surface area contributed by atoms with Crippen molar-refractivity contribution in [3.05, 3.63) is 65.6 Å². The molecule has 0 N–H and O–H groups in total. The van der Waals surface area contributed by atoms with E-state index in [0.29, 0.717) is 66.3 Å². The molecular formula is C41H46ClF2N7O4. The highest BCUT2D eigenvalue weighted by molar-refractivity contribution is 6.36. The molecule has 14 heteroatoms. The standard InChI is InChI=1S/C41H46ClF2N7O4/c1-40(2,3)55-39(53)51-17-14-28(51)12-13-32(52)49-21-25(22-49)20-48(4)37-30-19-45-35(29-10-5-8-26-9-6-11-31(42)33(26)29)34(44)36(30)46-38(47-37)54-24-41-15-7-16-50(41)23-27(43)18-41/h5-6,8-13,19,25,27-28H,7,14-18,20-24H2,1-4H3/b13-12+/t27-,28-,41+/m1/s1. The van der Waals surface area contributed by atoms with Gasteiger partial charge in [-0.25, -0.2) is 13.6 Å². The van der Waals surface area contributed by atoms with E-state index in [1.54, 1.807) is 34.2 Å². The fourth-order valence-corrected chi connectivity index (χ4v) is 8.78. The molecule has 2 aromatic carbocycles. The first-order valence-corrected chi connectivity index (χ1v) is 19.4. The predicted octanol–water partition coefficient (Wildman–Crippen LogP) is 7.05. The second-order valence-corrected chi connectivity index (χ2v) is 16.8. The highest BCUT2D eigenvalue weighted by Gasteiger charge is 2.49. The topological polar surface area (TPSA) is 104 Å². The molecule has 290 valence electrons. The van der Waals surface area contributed by atoms with Crippen molar-refractivity contribution in [3.8, 4) is 17.3 Å². The molecule has 2 amide bonds. The van der Waals surface area contributed by atoms with E-state index in [4.69, 9.17) is 26.1 Å². The van der Waals surface area contributed by atoms with Gasteiger partial charge in [0.05, 0.1) is 17.0 Å². The summed E-state index contributed by atoms with van der Waals surface area (Å²) in [5.41, 5.74) is -0.311. The van der Waals surface area contributed by atoms with E-state index >= 15 is 4.39 Å². The van der Waals surface area contributed by atoms with Crippen LogP contribution in [0.4, 0.5) is 19.4 Å². The number of pyridine rings is 1. The first-order valence-electron chi connectivity index (χ1n) is 19.0. The number of hydrogen-bond donors (Lipinski definition) is 0. The molecule has 8 rings (SSSR count). The van der Waals surface area contributed by atoms with Gasteiger partial charge >= 0.3 is 12.1 Å². The van der Waals surface area contributed by atoms with E-state index in [0.717, 1.165) is 31.2 Å². The fourth-order valence-electron chi connectivity index (χ4n) is 8.50. The molecule has 2 aromatic heterocycles. The lowest BCUT2D eigenvalue weighted by atomic mass is 9.95. The Kier molecular flexibility index (Phi) is 9.81. The van der Waals surface area contributed by atoms with Crippen molar-refractivity contribution in [2.24, 2.45) is 5.92 Å². The average molecular weight is 774 g/mol. The Morgan fingerprint density at radius 1 is 1.11 bits per heavy atom. The third kappa shape index (κ3) is 7.28. The van der Waals surface area contributed by atoms with Crippen LogP contribution < -0.4 is 9.64 Å². The van der Waals surface area contributed by atoms with Crippen molar-refractivity contribution >= 4 is 51.1 Å². The first-order chi connectivity index (χ1) is 26.3. The van der Waals surface area contributed by atoms with Gasteiger partial charge in [-0.1, -0.05) is 48.0 Å². The first kappa shape index (κ1) is 37.3. The number of halogens is 3. The van der Waals surface area contributed by atoms with E-state index < -0.39 is 23.1 Å². The minimum atomic E-state index is -0.920. The van der Waals surface area contributed by atoms with Crippen molar-refractivity contribution in [1.82, 2.24) is 29.7 Å². The number of anilines is 1. The summed E-state index contributed by atoms with van der Waals surface area (Å²) in [7, 11) is 1.87. The molecule has 0 spiro atoms. The maximum absolute atomic E-state index is 16.8. The number of ether oxygens (including phenoxy) is 2. The molecule has 4 saturated heterocycles. The van der Waals surface area contributed by atoms with Crippen LogP contribution in [0.3, 0.4) is 0 Å². The Labute approximate surface area is 324 Å². The summed E-state index contributed by atoms with van der Waals surface area (Å²) in [4.78, 5) is 47.0. The van der Waals surface area contributed by atoms with Gasteiger partial charge in [0.15, 0.2) is 5.82 Å². The second-order valence-electron chi connectivity index (χ2n) is 16.4. The molecule has 55 heavy (non-hydrogen) atoms. The molecule has 3 atom stereocenters. The summed E-state index contributed by atoms with van der Waals surface area (Å²) in [5.74, 6) is -0.171. The number of aromatic nitrogens is 3. The molecule has 0 saturated carbocycles. The van der Waals surface area contributed by atoms with E-state index in [1.807, 2.05) is 57.0 Å². The maximum Gasteiger partial charge on any atom is 0.410 e. The highest BCUT2D eigenvalue weighted by Crippen LogP contribution is 2.41. The fraction of sp³-hybridized carbons (Fsp3) is 0.488. The molecule has 6 heterocycles. The molecule has 0 aliphatic carbocycles. The minimum absolute atomic E-state index is 0.0110. The molecule has 0 radical (unpaired) electrons. The van der Waals surface area contributed by atoms with Gasteiger partial charge in [0, 0.05) is 80.4 Å². The third-order valence-electron chi connectivity index (χ3n) is 11.3. The Balaban J connectivity index is 1.02. The van der Waals surface area contributed by atoms with Crippen molar-refractivity contribution in [2.75, 3.05) is 57.8 Å². The molecule has 4 aromatic rings. The van der Waals surface area contributed by atoms with Crippen LogP contribution in [0.15, 0.2) is 54.7 Å². The number of fused-ring (bicyclic) bond motifs is 3. The molecule has 11 nitrogen and oxygen atoms in total. The number of carbonyl (C=O) groups excluding carboxylic acids is 2. The van der Waals surface area contributed by atoms with Gasteiger partial charge < -0.3 is 24.2 Å². The van der Waals surface area contributed by atoms with Crippen LogP contribution in [0.25, 0.3) is 32.9 Å². The van der Waals surface area contributed by atoms with Gasteiger partial charge in [-0.3, -0.25) is 14.7 Å². The Morgan fingerprint density at radius 3 is 2.64 bits per heavy atom. The minimum Gasteiger partial charge on any atom is -0.461 e.